The van der Waals surface area contributed by atoms with Crippen LogP contribution in [0.25, 0.3) is 0 Å². The van der Waals surface area contributed by atoms with E-state index in [-0.39, 0.29) is 0 Å². The Kier molecular flexibility index (Phi) is 2.07. The van der Waals surface area contributed by atoms with E-state index in [0.717, 1.165) is 0 Å². The summed E-state index contributed by atoms with van der Waals surface area (Å²) in [5, 5.41) is 3.69. The average molecular weight is 190 g/mol. The Morgan fingerprint density at radius 3 is 3.14 bits per heavy atom. The predicted octanol–water partition coefficient (Wildman–Crippen LogP) is 2.41. The Morgan fingerprint density at radius 2 is 2.14 bits per heavy atom. The van der Waals surface area contributed by atoms with Crippen molar-refractivity contribution >= 4 is 5.71 Å². The number of allylic oxidation sites excluding steroid dienone is 2. The van der Waals surface area contributed by atoms with Gasteiger partial charge in [0, 0.05) is 6.04 Å². The van der Waals surface area contributed by atoms with Gasteiger partial charge < -0.3 is 5.32 Å². The van der Waals surface area contributed by atoms with E-state index in [1.165, 1.54) is 56.4 Å². The molecule has 0 spiro atoms. The molecule has 0 aromatic carbocycles. The molecule has 2 aliphatic carbocycles. The van der Waals surface area contributed by atoms with Crippen molar-refractivity contribution in [2.45, 2.75) is 57.0 Å². The standard InChI is InChI=1S/C12H18N2/c1-2-6-10-9(5-1)13-11-7-3-4-8-12(11)14-10/h5,11-13H,1-4,6-8H2/t11-,12-/m1/s1. The maximum atomic E-state index is 4.91. The van der Waals surface area contributed by atoms with Crippen LogP contribution < -0.4 is 5.32 Å². The second-order valence-electron chi connectivity index (χ2n) is 4.69. The summed E-state index contributed by atoms with van der Waals surface area (Å²) < 4.78 is 0. The van der Waals surface area contributed by atoms with Crippen LogP contribution in [0.4, 0.5) is 0 Å². The molecule has 3 aliphatic rings. The molecule has 14 heavy (non-hydrogen) atoms. The quantitative estimate of drug-likeness (QED) is 0.623. The van der Waals surface area contributed by atoms with E-state index in [2.05, 4.69) is 11.4 Å². The summed E-state index contributed by atoms with van der Waals surface area (Å²) in [6.07, 6.45) is 11.4. The fourth-order valence-corrected chi connectivity index (χ4v) is 2.88. The van der Waals surface area contributed by atoms with Gasteiger partial charge in [0.25, 0.3) is 0 Å². The van der Waals surface area contributed by atoms with Gasteiger partial charge in [0.2, 0.25) is 0 Å². The zero-order chi connectivity index (χ0) is 9.38. The third kappa shape index (κ3) is 1.37. The van der Waals surface area contributed by atoms with Crippen molar-refractivity contribution < 1.29 is 0 Å². The Balaban J connectivity index is 1.88. The number of aliphatic imine (C=N–C) groups is 1. The van der Waals surface area contributed by atoms with Gasteiger partial charge in [-0.3, -0.25) is 4.99 Å². The fraction of sp³-hybridized carbons (Fsp3) is 0.750. The first-order valence-corrected chi connectivity index (χ1v) is 5.97. The second-order valence-corrected chi connectivity index (χ2v) is 4.69. The van der Waals surface area contributed by atoms with Crippen molar-refractivity contribution in [2.75, 3.05) is 0 Å². The molecule has 1 aliphatic heterocycles. The van der Waals surface area contributed by atoms with E-state index in [0.29, 0.717) is 12.1 Å². The van der Waals surface area contributed by atoms with Crippen molar-refractivity contribution in [1.29, 1.82) is 0 Å². The first-order valence-electron chi connectivity index (χ1n) is 5.97. The molecule has 1 fully saturated rings. The van der Waals surface area contributed by atoms with Crippen molar-refractivity contribution in [3.63, 3.8) is 0 Å². The lowest BCUT2D eigenvalue weighted by Crippen LogP contribution is -2.47. The molecule has 76 valence electrons. The Hall–Kier alpha value is -0.790. The Morgan fingerprint density at radius 1 is 1.21 bits per heavy atom. The molecule has 0 bridgehead atoms. The van der Waals surface area contributed by atoms with Crippen LogP contribution in [-0.2, 0) is 0 Å². The minimum atomic E-state index is 0.592. The minimum absolute atomic E-state index is 0.592. The largest absolute Gasteiger partial charge is 0.379 e. The maximum absolute atomic E-state index is 4.91. The molecular formula is C12H18N2. The van der Waals surface area contributed by atoms with Crippen LogP contribution >= 0.6 is 0 Å². The zero-order valence-corrected chi connectivity index (χ0v) is 8.63. The van der Waals surface area contributed by atoms with Crippen molar-refractivity contribution in [3.05, 3.63) is 11.8 Å². The summed E-state index contributed by atoms with van der Waals surface area (Å²) in [7, 11) is 0. The van der Waals surface area contributed by atoms with Gasteiger partial charge in [-0.25, -0.2) is 0 Å². The summed E-state index contributed by atoms with van der Waals surface area (Å²) in [6, 6.07) is 1.24. The molecule has 0 aromatic rings. The van der Waals surface area contributed by atoms with E-state index in [1.807, 2.05) is 0 Å². The van der Waals surface area contributed by atoms with Gasteiger partial charge in [0.05, 0.1) is 17.5 Å². The summed E-state index contributed by atoms with van der Waals surface area (Å²) in [4.78, 5) is 4.91. The van der Waals surface area contributed by atoms with Crippen LogP contribution in [0.5, 0.6) is 0 Å². The normalized spacial score (nSPS) is 36.0. The second kappa shape index (κ2) is 3.41. The van der Waals surface area contributed by atoms with Gasteiger partial charge in [-0.15, -0.1) is 0 Å². The molecule has 0 saturated heterocycles. The van der Waals surface area contributed by atoms with Crippen molar-refractivity contribution in [3.8, 4) is 0 Å². The summed E-state index contributed by atoms with van der Waals surface area (Å²) in [5.41, 5.74) is 2.72. The molecule has 1 saturated carbocycles. The lowest BCUT2D eigenvalue weighted by atomic mass is 9.87. The number of hydrogen-bond donors (Lipinski definition) is 1. The minimum Gasteiger partial charge on any atom is -0.379 e. The molecular weight excluding hydrogens is 172 g/mol. The summed E-state index contributed by atoms with van der Waals surface area (Å²) in [6.45, 7) is 0. The SMILES string of the molecule is C1=C2N[C@@H]3CCCC[C@H]3N=C2CCC1. The molecule has 0 unspecified atom stereocenters. The number of nitrogens with one attached hydrogen (secondary N) is 1. The monoisotopic (exact) mass is 190 g/mol. The van der Waals surface area contributed by atoms with Crippen molar-refractivity contribution in [2.24, 2.45) is 4.99 Å². The molecule has 0 radical (unpaired) electrons. The zero-order valence-electron chi connectivity index (χ0n) is 8.63. The highest BCUT2D eigenvalue weighted by molar-refractivity contribution is 6.01. The molecule has 0 aromatic heterocycles. The van der Waals surface area contributed by atoms with Gasteiger partial charge in [0.1, 0.15) is 0 Å². The van der Waals surface area contributed by atoms with Crippen molar-refractivity contribution in [1.82, 2.24) is 5.32 Å². The van der Waals surface area contributed by atoms with Crippen LogP contribution in [0.3, 0.4) is 0 Å². The fourth-order valence-electron chi connectivity index (χ4n) is 2.88. The first kappa shape index (κ1) is 8.51. The number of hydrogen-bond acceptors (Lipinski definition) is 2. The molecule has 2 nitrogen and oxygen atoms in total. The van der Waals surface area contributed by atoms with E-state index in [4.69, 9.17) is 4.99 Å². The van der Waals surface area contributed by atoms with Crippen LogP contribution in [-0.4, -0.2) is 17.8 Å². The molecule has 1 heterocycles. The highest BCUT2D eigenvalue weighted by Gasteiger charge is 2.30. The molecule has 1 N–H and O–H groups in total. The molecule has 2 heteroatoms. The van der Waals surface area contributed by atoms with Crippen LogP contribution in [0, 0.1) is 0 Å². The van der Waals surface area contributed by atoms with Crippen LogP contribution in [0.2, 0.25) is 0 Å². The van der Waals surface area contributed by atoms with Crippen LogP contribution in [0.1, 0.15) is 44.9 Å². The average Bonchev–Trinajstić information content (AvgIpc) is 2.26. The highest BCUT2D eigenvalue weighted by atomic mass is 15.1. The topological polar surface area (TPSA) is 24.4 Å². The third-order valence-corrected chi connectivity index (χ3v) is 3.67. The number of nitrogens with zero attached hydrogens (tertiary/aromatic N) is 1. The van der Waals surface area contributed by atoms with E-state index in [1.54, 1.807) is 0 Å². The summed E-state index contributed by atoms with van der Waals surface area (Å²) >= 11 is 0. The third-order valence-electron chi connectivity index (χ3n) is 3.67. The Bertz CT molecular complexity index is 291. The molecule has 2 atom stereocenters. The number of rotatable bonds is 0. The van der Waals surface area contributed by atoms with Crippen LogP contribution in [0.15, 0.2) is 16.8 Å². The smallest absolute Gasteiger partial charge is 0.0704 e. The van der Waals surface area contributed by atoms with Gasteiger partial charge in [-0.2, -0.15) is 0 Å². The van der Waals surface area contributed by atoms with Gasteiger partial charge >= 0.3 is 0 Å². The highest BCUT2D eigenvalue weighted by Crippen LogP contribution is 2.28. The first-order chi connectivity index (χ1) is 6.93. The van der Waals surface area contributed by atoms with Gasteiger partial charge in [-0.05, 0) is 32.1 Å². The van der Waals surface area contributed by atoms with Gasteiger partial charge in [0.15, 0.2) is 0 Å². The van der Waals surface area contributed by atoms with E-state index >= 15 is 0 Å². The lowest BCUT2D eigenvalue weighted by Gasteiger charge is -2.37. The lowest BCUT2D eigenvalue weighted by molar-refractivity contribution is 0.340. The Labute approximate surface area is 85.5 Å². The molecule has 3 rings (SSSR count). The van der Waals surface area contributed by atoms with E-state index in [9.17, 15) is 0 Å². The predicted molar refractivity (Wildman–Crippen MR) is 58.5 cm³/mol. The van der Waals surface area contributed by atoms with Gasteiger partial charge in [-0.1, -0.05) is 18.9 Å². The maximum Gasteiger partial charge on any atom is 0.0704 e. The molecule has 0 amide bonds. The summed E-state index contributed by atoms with van der Waals surface area (Å²) in [5.74, 6) is 0. The van der Waals surface area contributed by atoms with E-state index < -0.39 is 0 Å². The number of fused-ring (bicyclic) bond motifs is 2.